The van der Waals surface area contributed by atoms with Gasteiger partial charge < -0.3 is 15.3 Å². The predicted molar refractivity (Wildman–Crippen MR) is 67.6 cm³/mol. The highest BCUT2D eigenvalue weighted by atomic mass is 19.4. The first-order valence-electron chi connectivity index (χ1n) is 6.71. The molecular formula is C13H17F3N2O3. The van der Waals surface area contributed by atoms with Crippen LogP contribution in [-0.4, -0.2) is 46.8 Å². The fraction of sp³-hybridized carbons (Fsp3) is 0.692. The second-order valence-corrected chi connectivity index (χ2v) is 5.64. The zero-order chi connectivity index (χ0) is 15.8. The van der Waals surface area contributed by atoms with Crippen molar-refractivity contribution in [3.05, 3.63) is 11.6 Å². The summed E-state index contributed by atoms with van der Waals surface area (Å²) in [5, 5.41) is 11.7. The van der Waals surface area contributed by atoms with Crippen LogP contribution < -0.4 is 5.32 Å². The van der Waals surface area contributed by atoms with Gasteiger partial charge in [-0.1, -0.05) is 6.08 Å². The summed E-state index contributed by atoms with van der Waals surface area (Å²) in [6.45, 7) is 1.20. The van der Waals surface area contributed by atoms with Gasteiger partial charge in [0.15, 0.2) is 0 Å². The van der Waals surface area contributed by atoms with E-state index in [2.05, 4.69) is 5.32 Å². The first-order valence-corrected chi connectivity index (χ1v) is 6.71. The molecule has 1 atom stereocenters. The molecule has 8 heteroatoms. The molecule has 1 aliphatic heterocycles. The van der Waals surface area contributed by atoms with E-state index in [0.717, 1.165) is 18.9 Å². The third kappa shape index (κ3) is 3.30. The maximum absolute atomic E-state index is 12.5. The zero-order valence-corrected chi connectivity index (χ0v) is 11.5. The fourth-order valence-corrected chi connectivity index (χ4v) is 2.40. The number of hydrogen-bond acceptors (Lipinski definition) is 2. The van der Waals surface area contributed by atoms with Crippen molar-refractivity contribution in [3.8, 4) is 0 Å². The minimum atomic E-state index is -4.37. The molecule has 1 unspecified atom stereocenters. The summed E-state index contributed by atoms with van der Waals surface area (Å²) in [6, 6.07) is -0.635. The van der Waals surface area contributed by atoms with E-state index in [1.165, 1.54) is 11.8 Å². The molecule has 1 heterocycles. The molecule has 2 rings (SSSR count). The van der Waals surface area contributed by atoms with Crippen molar-refractivity contribution in [3.63, 3.8) is 0 Å². The van der Waals surface area contributed by atoms with E-state index in [9.17, 15) is 27.9 Å². The van der Waals surface area contributed by atoms with Crippen LogP contribution in [0.1, 0.15) is 26.2 Å². The van der Waals surface area contributed by atoms with Gasteiger partial charge in [-0.05, 0) is 32.1 Å². The van der Waals surface area contributed by atoms with E-state index in [0.29, 0.717) is 0 Å². The van der Waals surface area contributed by atoms with Crippen molar-refractivity contribution < 1.29 is 27.9 Å². The van der Waals surface area contributed by atoms with Gasteiger partial charge in [-0.25, -0.2) is 9.59 Å². The number of carbonyl (C=O) groups excluding carboxylic acids is 1. The largest absolute Gasteiger partial charge is 0.480 e. The van der Waals surface area contributed by atoms with E-state index in [-0.39, 0.29) is 25.4 Å². The molecule has 5 nitrogen and oxygen atoms in total. The van der Waals surface area contributed by atoms with E-state index < -0.39 is 29.3 Å². The molecule has 0 radical (unpaired) electrons. The number of nitrogens with one attached hydrogen (secondary N) is 1. The number of alkyl halides is 3. The highest BCUT2D eigenvalue weighted by molar-refractivity contribution is 5.86. The number of carboxylic acid groups (broad SMARTS) is 1. The topological polar surface area (TPSA) is 69.6 Å². The molecule has 0 spiro atoms. The van der Waals surface area contributed by atoms with Crippen molar-refractivity contribution >= 4 is 12.0 Å². The molecule has 21 heavy (non-hydrogen) atoms. The normalized spacial score (nSPS) is 22.3. The Balaban J connectivity index is 1.99. The van der Waals surface area contributed by atoms with Crippen LogP contribution in [0.3, 0.4) is 0 Å². The monoisotopic (exact) mass is 306 g/mol. The van der Waals surface area contributed by atoms with E-state index in [4.69, 9.17) is 0 Å². The standard InChI is InChI=1S/C13H17F3N2O3/c1-12(10(19)20,8-2-3-8)17-11(21)18-6-4-9(5-7-18)13(14,15)16/h4,8H,2-3,5-7H2,1H3,(H,17,21)(H,19,20). The van der Waals surface area contributed by atoms with Crippen molar-refractivity contribution in [2.45, 2.75) is 37.9 Å². The van der Waals surface area contributed by atoms with Gasteiger partial charge in [0, 0.05) is 18.7 Å². The summed E-state index contributed by atoms with van der Waals surface area (Å²) in [6.07, 6.45) is -2.23. The van der Waals surface area contributed by atoms with Crippen LogP contribution in [0.15, 0.2) is 11.6 Å². The summed E-state index contributed by atoms with van der Waals surface area (Å²) < 4.78 is 37.5. The molecule has 1 aliphatic carbocycles. The smallest absolute Gasteiger partial charge is 0.412 e. The van der Waals surface area contributed by atoms with Crippen LogP contribution in [0.2, 0.25) is 0 Å². The molecule has 0 aromatic carbocycles. The quantitative estimate of drug-likeness (QED) is 0.785. The lowest BCUT2D eigenvalue weighted by atomic mass is 9.96. The molecule has 1 saturated carbocycles. The third-order valence-corrected chi connectivity index (χ3v) is 4.07. The van der Waals surface area contributed by atoms with Crippen LogP contribution in [0.4, 0.5) is 18.0 Å². The number of urea groups is 1. The Morgan fingerprint density at radius 1 is 1.38 bits per heavy atom. The molecule has 2 amide bonds. The van der Waals surface area contributed by atoms with Crippen LogP contribution in [-0.2, 0) is 4.79 Å². The zero-order valence-electron chi connectivity index (χ0n) is 11.5. The Hall–Kier alpha value is -1.73. The lowest BCUT2D eigenvalue weighted by molar-refractivity contribution is -0.144. The predicted octanol–water partition coefficient (Wildman–Crippen LogP) is 2.14. The number of carboxylic acids is 1. The van der Waals surface area contributed by atoms with Crippen molar-refractivity contribution in [1.29, 1.82) is 0 Å². The lowest BCUT2D eigenvalue weighted by Crippen LogP contribution is -2.58. The van der Waals surface area contributed by atoms with Gasteiger partial charge in [0.1, 0.15) is 5.54 Å². The number of hydrogen-bond donors (Lipinski definition) is 2. The summed E-state index contributed by atoms with van der Waals surface area (Å²) in [7, 11) is 0. The van der Waals surface area contributed by atoms with Crippen LogP contribution >= 0.6 is 0 Å². The first kappa shape index (κ1) is 15.7. The molecule has 0 bridgehead atoms. The van der Waals surface area contributed by atoms with Crippen LogP contribution in [0, 0.1) is 5.92 Å². The SMILES string of the molecule is CC(NC(=O)N1CC=C(C(F)(F)F)CC1)(C(=O)O)C1CC1. The van der Waals surface area contributed by atoms with Gasteiger partial charge in [0.2, 0.25) is 0 Å². The Bertz CT molecular complexity index is 486. The first-order chi connectivity index (χ1) is 9.64. The second kappa shape index (κ2) is 5.23. The average molecular weight is 306 g/mol. The molecule has 2 aliphatic rings. The molecule has 2 N–H and O–H groups in total. The van der Waals surface area contributed by atoms with E-state index >= 15 is 0 Å². The highest BCUT2D eigenvalue weighted by Crippen LogP contribution is 2.40. The number of halogens is 3. The Morgan fingerprint density at radius 3 is 2.38 bits per heavy atom. The molecule has 0 aromatic heterocycles. The number of amides is 2. The van der Waals surface area contributed by atoms with Gasteiger partial charge >= 0.3 is 18.2 Å². The van der Waals surface area contributed by atoms with Crippen molar-refractivity contribution in [2.75, 3.05) is 13.1 Å². The molecule has 0 saturated heterocycles. The Kier molecular flexibility index (Phi) is 3.90. The summed E-state index contributed by atoms with van der Waals surface area (Å²) >= 11 is 0. The van der Waals surface area contributed by atoms with E-state index in [1.54, 1.807) is 0 Å². The lowest BCUT2D eigenvalue weighted by Gasteiger charge is -2.32. The fourth-order valence-electron chi connectivity index (χ4n) is 2.40. The molecule has 0 aromatic rings. The van der Waals surface area contributed by atoms with Gasteiger partial charge in [0.05, 0.1) is 0 Å². The summed E-state index contributed by atoms with van der Waals surface area (Å²) in [4.78, 5) is 24.6. The van der Waals surface area contributed by atoms with Gasteiger partial charge in [-0.3, -0.25) is 0 Å². The second-order valence-electron chi connectivity index (χ2n) is 5.64. The summed E-state index contributed by atoms with van der Waals surface area (Å²) in [5.41, 5.74) is -2.00. The summed E-state index contributed by atoms with van der Waals surface area (Å²) in [5.74, 6) is -1.24. The Morgan fingerprint density at radius 2 is 2.00 bits per heavy atom. The molecular weight excluding hydrogens is 289 g/mol. The van der Waals surface area contributed by atoms with Crippen LogP contribution in [0.25, 0.3) is 0 Å². The van der Waals surface area contributed by atoms with Gasteiger partial charge in [-0.15, -0.1) is 0 Å². The van der Waals surface area contributed by atoms with Crippen molar-refractivity contribution in [1.82, 2.24) is 10.2 Å². The van der Waals surface area contributed by atoms with E-state index in [1.807, 2.05) is 0 Å². The van der Waals surface area contributed by atoms with Gasteiger partial charge in [-0.2, -0.15) is 13.2 Å². The van der Waals surface area contributed by atoms with Crippen molar-refractivity contribution in [2.24, 2.45) is 5.92 Å². The number of nitrogens with zero attached hydrogens (tertiary/aromatic N) is 1. The minimum Gasteiger partial charge on any atom is -0.480 e. The molecule has 118 valence electrons. The van der Waals surface area contributed by atoms with Crippen LogP contribution in [0.5, 0.6) is 0 Å². The highest BCUT2D eigenvalue weighted by Gasteiger charge is 2.49. The number of carbonyl (C=O) groups is 2. The third-order valence-electron chi connectivity index (χ3n) is 4.07. The maximum atomic E-state index is 12.5. The minimum absolute atomic E-state index is 0.0719. The maximum Gasteiger partial charge on any atom is 0.412 e. The Labute approximate surface area is 119 Å². The number of aliphatic carboxylic acids is 1. The molecule has 1 fully saturated rings. The number of rotatable bonds is 3. The van der Waals surface area contributed by atoms with Gasteiger partial charge in [0.25, 0.3) is 0 Å². The average Bonchev–Trinajstić information content (AvgIpc) is 3.22.